The van der Waals surface area contributed by atoms with Gasteiger partial charge in [0.1, 0.15) is 5.78 Å². The van der Waals surface area contributed by atoms with Crippen molar-refractivity contribution < 1.29 is 27.9 Å². The molecule has 0 amide bonds. The molecular weight excluding hydrogens is 189 g/mol. The summed E-state index contributed by atoms with van der Waals surface area (Å²) in [5.74, 6) is -2.59. The Kier molecular flexibility index (Phi) is 2.09. The highest BCUT2D eigenvalue weighted by Gasteiger charge is 2.63. The molecule has 0 bridgehead atoms. The van der Waals surface area contributed by atoms with Gasteiger partial charge < -0.3 is 5.11 Å². The molecular formula is C7H7F3O3. The van der Waals surface area contributed by atoms with Crippen molar-refractivity contribution in [3.05, 3.63) is 0 Å². The van der Waals surface area contributed by atoms with Crippen molar-refractivity contribution in [1.29, 1.82) is 0 Å². The van der Waals surface area contributed by atoms with Gasteiger partial charge in [0.15, 0.2) is 5.41 Å². The molecule has 1 aliphatic rings. The lowest BCUT2D eigenvalue weighted by Gasteiger charge is -2.25. The van der Waals surface area contributed by atoms with Crippen LogP contribution in [0, 0.1) is 5.41 Å². The molecule has 1 atom stereocenters. The van der Waals surface area contributed by atoms with Crippen LogP contribution in [0.5, 0.6) is 0 Å². The van der Waals surface area contributed by atoms with Gasteiger partial charge >= 0.3 is 12.1 Å². The van der Waals surface area contributed by atoms with E-state index in [-0.39, 0.29) is 6.42 Å². The van der Waals surface area contributed by atoms with Gasteiger partial charge in [-0.05, 0) is 6.42 Å². The lowest BCUT2D eigenvalue weighted by Crippen LogP contribution is -2.43. The third kappa shape index (κ3) is 1.40. The smallest absolute Gasteiger partial charge is 0.405 e. The molecule has 1 fully saturated rings. The van der Waals surface area contributed by atoms with Crippen LogP contribution in [0.15, 0.2) is 0 Å². The summed E-state index contributed by atoms with van der Waals surface area (Å²) in [5, 5.41) is 8.44. The standard InChI is InChI=1S/C7H7F3O3/c8-7(9,10)6(5(12)13)2-1-4(11)3-6/h1-3H2,(H,12,13). The van der Waals surface area contributed by atoms with Crippen LogP contribution in [0.25, 0.3) is 0 Å². The van der Waals surface area contributed by atoms with E-state index in [1.807, 2.05) is 0 Å². The number of halogens is 3. The monoisotopic (exact) mass is 196 g/mol. The third-order valence-electron chi connectivity index (χ3n) is 2.28. The van der Waals surface area contributed by atoms with Crippen molar-refractivity contribution >= 4 is 11.8 Å². The molecule has 0 spiro atoms. The molecule has 6 heteroatoms. The van der Waals surface area contributed by atoms with Crippen LogP contribution in [-0.2, 0) is 9.59 Å². The molecule has 0 radical (unpaired) electrons. The topological polar surface area (TPSA) is 54.4 Å². The van der Waals surface area contributed by atoms with Crippen LogP contribution in [-0.4, -0.2) is 23.0 Å². The molecule has 3 nitrogen and oxygen atoms in total. The van der Waals surface area contributed by atoms with Crippen LogP contribution in [0.4, 0.5) is 13.2 Å². The van der Waals surface area contributed by atoms with E-state index >= 15 is 0 Å². The van der Waals surface area contributed by atoms with Gasteiger partial charge in [-0.2, -0.15) is 13.2 Å². The molecule has 13 heavy (non-hydrogen) atoms. The summed E-state index contributed by atoms with van der Waals surface area (Å²) in [4.78, 5) is 21.1. The minimum Gasteiger partial charge on any atom is -0.481 e. The molecule has 74 valence electrons. The zero-order chi connectivity index (χ0) is 10.3. The van der Waals surface area contributed by atoms with Crippen LogP contribution >= 0.6 is 0 Å². The van der Waals surface area contributed by atoms with Gasteiger partial charge in [-0.15, -0.1) is 0 Å². The molecule has 1 saturated carbocycles. The van der Waals surface area contributed by atoms with E-state index in [2.05, 4.69) is 0 Å². The maximum atomic E-state index is 12.3. The van der Waals surface area contributed by atoms with E-state index in [0.29, 0.717) is 0 Å². The first-order valence-corrected chi connectivity index (χ1v) is 3.61. The summed E-state index contributed by atoms with van der Waals surface area (Å²) in [6.07, 6.45) is -6.70. The van der Waals surface area contributed by atoms with Crippen molar-refractivity contribution in [1.82, 2.24) is 0 Å². The van der Waals surface area contributed by atoms with Gasteiger partial charge in [-0.1, -0.05) is 0 Å². The maximum Gasteiger partial charge on any atom is 0.405 e. The predicted molar refractivity (Wildman–Crippen MR) is 35.0 cm³/mol. The van der Waals surface area contributed by atoms with E-state index in [1.165, 1.54) is 0 Å². The molecule has 1 N–H and O–H groups in total. The third-order valence-corrected chi connectivity index (χ3v) is 2.28. The second-order valence-electron chi connectivity index (χ2n) is 3.10. The van der Waals surface area contributed by atoms with Gasteiger partial charge in [-0.3, -0.25) is 9.59 Å². The van der Waals surface area contributed by atoms with Crippen molar-refractivity contribution in [2.24, 2.45) is 5.41 Å². The average Bonchev–Trinajstić information content (AvgIpc) is 2.30. The van der Waals surface area contributed by atoms with Crippen molar-refractivity contribution in [3.8, 4) is 0 Å². The Morgan fingerprint density at radius 3 is 2.15 bits per heavy atom. The van der Waals surface area contributed by atoms with Gasteiger partial charge in [0.2, 0.25) is 0 Å². The summed E-state index contributed by atoms with van der Waals surface area (Å²) in [7, 11) is 0. The number of hydrogen-bond donors (Lipinski definition) is 1. The summed E-state index contributed by atoms with van der Waals surface area (Å²) in [6.45, 7) is 0. The number of Topliss-reactive ketones (excluding diaryl/α,β-unsaturated/α-hetero) is 1. The number of ketones is 1. The molecule has 1 rings (SSSR count). The zero-order valence-corrected chi connectivity index (χ0v) is 6.52. The van der Waals surface area contributed by atoms with Crippen molar-refractivity contribution in [2.75, 3.05) is 0 Å². The molecule has 1 aliphatic carbocycles. The summed E-state index contributed by atoms with van der Waals surface area (Å²) in [5.41, 5.74) is -2.83. The Hall–Kier alpha value is -1.07. The second kappa shape index (κ2) is 2.71. The Balaban J connectivity index is 3.04. The van der Waals surface area contributed by atoms with Gasteiger partial charge in [-0.25, -0.2) is 0 Å². The SMILES string of the molecule is O=C1CCC(C(=O)O)(C(F)(F)F)C1. The Morgan fingerprint density at radius 1 is 1.46 bits per heavy atom. The highest BCUT2D eigenvalue weighted by molar-refractivity contribution is 5.90. The number of carboxylic acid groups (broad SMARTS) is 1. The highest BCUT2D eigenvalue weighted by atomic mass is 19.4. The average molecular weight is 196 g/mol. The van der Waals surface area contributed by atoms with Crippen LogP contribution in [0.1, 0.15) is 19.3 Å². The number of carboxylic acids is 1. The first kappa shape index (κ1) is 10.0. The normalized spacial score (nSPS) is 29.3. The fourth-order valence-electron chi connectivity index (χ4n) is 1.41. The number of carbonyl (C=O) groups is 2. The Labute approximate surface area is 71.5 Å². The van der Waals surface area contributed by atoms with E-state index in [0.717, 1.165) is 0 Å². The summed E-state index contributed by atoms with van der Waals surface area (Å²) < 4.78 is 36.9. The van der Waals surface area contributed by atoms with E-state index in [9.17, 15) is 22.8 Å². The van der Waals surface area contributed by atoms with Gasteiger partial charge in [0.25, 0.3) is 0 Å². The zero-order valence-electron chi connectivity index (χ0n) is 6.52. The van der Waals surface area contributed by atoms with Crippen LogP contribution < -0.4 is 0 Å². The number of aliphatic carboxylic acids is 1. The van der Waals surface area contributed by atoms with Gasteiger partial charge in [0, 0.05) is 12.8 Å². The molecule has 0 aromatic heterocycles. The molecule has 0 aromatic rings. The first-order chi connectivity index (χ1) is 5.79. The minimum absolute atomic E-state index is 0.300. The molecule has 0 aromatic carbocycles. The molecule has 0 saturated heterocycles. The molecule has 0 aliphatic heterocycles. The summed E-state index contributed by atoms with van der Waals surface area (Å²) in [6, 6.07) is 0. The van der Waals surface area contributed by atoms with Crippen LogP contribution in [0.2, 0.25) is 0 Å². The Morgan fingerprint density at radius 2 is 2.00 bits per heavy atom. The van der Waals surface area contributed by atoms with Crippen molar-refractivity contribution in [3.63, 3.8) is 0 Å². The number of alkyl halides is 3. The van der Waals surface area contributed by atoms with Crippen molar-refractivity contribution in [2.45, 2.75) is 25.4 Å². The van der Waals surface area contributed by atoms with E-state index in [1.54, 1.807) is 0 Å². The maximum absolute atomic E-state index is 12.3. The number of carbonyl (C=O) groups excluding carboxylic acids is 1. The minimum atomic E-state index is -4.84. The van der Waals surface area contributed by atoms with Crippen LogP contribution in [0.3, 0.4) is 0 Å². The highest BCUT2D eigenvalue weighted by Crippen LogP contribution is 2.49. The quantitative estimate of drug-likeness (QED) is 0.689. The number of hydrogen-bond acceptors (Lipinski definition) is 2. The fraction of sp³-hybridized carbons (Fsp3) is 0.714. The lowest BCUT2D eigenvalue weighted by atomic mass is 9.85. The molecule has 0 heterocycles. The molecule has 1 unspecified atom stereocenters. The Bertz CT molecular complexity index is 258. The fourth-order valence-corrected chi connectivity index (χ4v) is 1.41. The van der Waals surface area contributed by atoms with E-state index < -0.39 is 36.2 Å². The van der Waals surface area contributed by atoms with E-state index in [4.69, 9.17) is 5.11 Å². The lowest BCUT2D eigenvalue weighted by molar-refractivity contribution is -0.229. The predicted octanol–water partition coefficient (Wildman–Crippen LogP) is 1.37. The largest absolute Gasteiger partial charge is 0.481 e. The number of rotatable bonds is 1. The second-order valence-corrected chi connectivity index (χ2v) is 3.10. The first-order valence-electron chi connectivity index (χ1n) is 3.61. The summed E-state index contributed by atoms with van der Waals surface area (Å²) >= 11 is 0. The van der Waals surface area contributed by atoms with Gasteiger partial charge in [0.05, 0.1) is 0 Å².